The standard InChI is InChI=1S/C17H24N2/c1-4-14-5-7-16(8-6-14)19-12-10-15(9-11-18)17(2,3)13-19/h5-8,15H,4,9-10,12-13H2,1-3H3. The molecule has 0 aliphatic carbocycles. The molecule has 1 atom stereocenters. The zero-order valence-corrected chi connectivity index (χ0v) is 12.3. The largest absolute Gasteiger partial charge is 0.371 e. The zero-order valence-electron chi connectivity index (χ0n) is 12.3. The second-order valence-corrected chi connectivity index (χ2v) is 6.28. The van der Waals surface area contributed by atoms with Gasteiger partial charge in [-0.15, -0.1) is 0 Å². The Kier molecular flexibility index (Phi) is 4.14. The van der Waals surface area contributed by atoms with E-state index in [1.165, 1.54) is 11.3 Å². The van der Waals surface area contributed by atoms with Crippen molar-refractivity contribution in [3.63, 3.8) is 0 Å². The quantitative estimate of drug-likeness (QED) is 0.817. The second-order valence-electron chi connectivity index (χ2n) is 6.28. The first-order valence-corrected chi connectivity index (χ1v) is 7.27. The summed E-state index contributed by atoms with van der Waals surface area (Å²) in [6.45, 7) is 8.89. The van der Waals surface area contributed by atoms with Gasteiger partial charge in [0.15, 0.2) is 0 Å². The summed E-state index contributed by atoms with van der Waals surface area (Å²) in [5.41, 5.74) is 2.93. The molecular formula is C17H24N2. The lowest BCUT2D eigenvalue weighted by atomic mass is 9.72. The van der Waals surface area contributed by atoms with Crippen LogP contribution < -0.4 is 4.90 Å². The van der Waals surface area contributed by atoms with Crippen LogP contribution in [0.1, 0.15) is 39.2 Å². The van der Waals surface area contributed by atoms with Crippen molar-refractivity contribution >= 4 is 5.69 Å². The van der Waals surface area contributed by atoms with Crippen LogP contribution in [-0.2, 0) is 6.42 Å². The summed E-state index contributed by atoms with van der Waals surface area (Å²) in [5.74, 6) is 0.531. The fourth-order valence-electron chi connectivity index (χ4n) is 3.05. The molecule has 0 aromatic heterocycles. The zero-order chi connectivity index (χ0) is 13.9. The Morgan fingerprint density at radius 1 is 1.32 bits per heavy atom. The lowest BCUT2D eigenvalue weighted by molar-refractivity contribution is 0.179. The molecule has 1 aliphatic rings. The van der Waals surface area contributed by atoms with Gasteiger partial charge in [0.25, 0.3) is 0 Å². The topological polar surface area (TPSA) is 27.0 Å². The van der Waals surface area contributed by atoms with E-state index in [9.17, 15) is 0 Å². The molecule has 2 rings (SSSR count). The van der Waals surface area contributed by atoms with Crippen LogP contribution in [-0.4, -0.2) is 13.1 Å². The number of piperidine rings is 1. The van der Waals surface area contributed by atoms with E-state index < -0.39 is 0 Å². The molecule has 1 aromatic carbocycles. The van der Waals surface area contributed by atoms with Crippen molar-refractivity contribution in [3.8, 4) is 6.07 Å². The van der Waals surface area contributed by atoms with Gasteiger partial charge in [-0.3, -0.25) is 0 Å². The van der Waals surface area contributed by atoms with E-state index in [0.29, 0.717) is 12.3 Å². The molecule has 0 spiro atoms. The third-order valence-electron chi connectivity index (χ3n) is 4.50. The van der Waals surface area contributed by atoms with Crippen molar-refractivity contribution in [2.24, 2.45) is 11.3 Å². The highest BCUT2D eigenvalue weighted by atomic mass is 15.1. The molecule has 1 saturated heterocycles. The van der Waals surface area contributed by atoms with Gasteiger partial charge < -0.3 is 4.90 Å². The maximum Gasteiger partial charge on any atom is 0.0624 e. The van der Waals surface area contributed by atoms with E-state index in [1.54, 1.807) is 0 Å². The Hall–Kier alpha value is -1.49. The van der Waals surface area contributed by atoms with Crippen molar-refractivity contribution in [1.82, 2.24) is 0 Å². The highest BCUT2D eigenvalue weighted by Crippen LogP contribution is 2.38. The number of anilines is 1. The first-order valence-electron chi connectivity index (χ1n) is 7.27. The lowest BCUT2D eigenvalue weighted by Crippen LogP contribution is -2.45. The molecular weight excluding hydrogens is 232 g/mol. The van der Waals surface area contributed by atoms with Crippen LogP contribution in [0.15, 0.2) is 24.3 Å². The van der Waals surface area contributed by atoms with E-state index in [4.69, 9.17) is 5.26 Å². The van der Waals surface area contributed by atoms with Gasteiger partial charge in [0.05, 0.1) is 6.07 Å². The number of nitrogens with zero attached hydrogens (tertiary/aromatic N) is 2. The summed E-state index contributed by atoms with van der Waals surface area (Å²) in [7, 11) is 0. The third kappa shape index (κ3) is 3.10. The van der Waals surface area contributed by atoms with Crippen LogP contribution in [0.2, 0.25) is 0 Å². The summed E-state index contributed by atoms with van der Waals surface area (Å²) in [4.78, 5) is 2.47. The maximum atomic E-state index is 8.93. The normalized spacial score (nSPS) is 22.0. The number of benzene rings is 1. The maximum absolute atomic E-state index is 8.93. The van der Waals surface area contributed by atoms with Gasteiger partial charge in [-0.1, -0.05) is 32.9 Å². The van der Waals surface area contributed by atoms with Gasteiger partial charge >= 0.3 is 0 Å². The predicted octanol–water partition coefficient (Wildman–Crippen LogP) is 4.02. The van der Waals surface area contributed by atoms with E-state index in [1.807, 2.05) is 0 Å². The van der Waals surface area contributed by atoms with Crippen LogP contribution in [0, 0.1) is 22.7 Å². The van der Waals surface area contributed by atoms with Crippen LogP contribution in [0.25, 0.3) is 0 Å². The summed E-state index contributed by atoms with van der Waals surface area (Å²) in [5, 5.41) is 8.93. The van der Waals surface area contributed by atoms with Crippen molar-refractivity contribution in [2.45, 2.75) is 40.0 Å². The van der Waals surface area contributed by atoms with E-state index in [-0.39, 0.29) is 5.41 Å². The summed E-state index contributed by atoms with van der Waals surface area (Å²) in [6, 6.07) is 11.3. The first-order chi connectivity index (χ1) is 9.06. The fraction of sp³-hybridized carbons (Fsp3) is 0.588. The van der Waals surface area contributed by atoms with Gasteiger partial charge in [0, 0.05) is 25.2 Å². The number of rotatable bonds is 3. The number of hydrogen-bond acceptors (Lipinski definition) is 2. The molecule has 0 N–H and O–H groups in total. The van der Waals surface area contributed by atoms with E-state index in [2.05, 4.69) is 56.0 Å². The summed E-state index contributed by atoms with van der Waals surface area (Å²) in [6.07, 6.45) is 2.90. The third-order valence-corrected chi connectivity index (χ3v) is 4.50. The molecule has 0 saturated carbocycles. The SMILES string of the molecule is CCc1ccc(N2CCC(CC#N)C(C)(C)C2)cc1. The molecule has 1 fully saturated rings. The van der Waals surface area contributed by atoms with E-state index in [0.717, 1.165) is 25.9 Å². The van der Waals surface area contributed by atoms with Crippen molar-refractivity contribution < 1.29 is 0 Å². The molecule has 1 aliphatic heterocycles. The monoisotopic (exact) mass is 256 g/mol. The van der Waals surface area contributed by atoms with Crippen molar-refractivity contribution in [1.29, 1.82) is 5.26 Å². The Bertz CT molecular complexity index is 453. The molecule has 102 valence electrons. The number of aryl methyl sites for hydroxylation is 1. The van der Waals surface area contributed by atoms with E-state index >= 15 is 0 Å². The molecule has 0 amide bonds. The first kappa shape index (κ1) is 13.9. The second kappa shape index (κ2) is 5.65. The Balaban J connectivity index is 2.09. The highest BCUT2D eigenvalue weighted by molar-refractivity contribution is 5.48. The molecule has 2 nitrogen and oxygen atoms in total. The minimum Gasteiger partial charge on any atom is -0.371 e. The smallest absolute Gasteiger partial charge is 0.0624 e. The predicted molar refractivity (Wildman–Crippen MR) is 80.2 cm³/mol. The molecule has 2 heteroatoms. The van der Waals surface area contributed by atoms with Gasteiger partial charge in [-0.05, 0) is 41.9 Å². The summed E-state index contributed by atoms with van der Waals surface area (Å²) >= 11 is 0. The van der Waals surface area contributed by atoms with Gasteiger partial charge in [0.1, 0.15) is 0 Å². The Morgan fingerprint density at radius 3 is 2.53 bits per heavy atom. The average molecular weight is 256 g/mol. The highest BCUT2D eigenvalue weighted by Gasteiger charge is 2.35. The number of hydrogen-bond donors (Lipinski definition) is 0. The Morgan fingerprint density at radius 2 is 2.00 bits per heavy atom. The molecule has 0 bridgehead atoms. The van der Waals surface area contributed by atoms with Gasteiger partial charge in [-0.25, -0.2) is 0 Å². The Labute approximate surface area is 117 Å². The average Bonchev–Trinajstić information content (AvgIpc) is 2.41. The fourth-order valence-corrected chi connectivity index (χ4v) is 3.05. The van der Waals surface area contributed by atoms with Gasteiger partial charge in [-0.2, -0.15) is 5.26 Å². The van der Waals surface area contributed by atoms with Gasteiger partial charge in [0.2, 0.25) is 0 Å². The minimum absolute atomic E-state index is 0.220. The molecule has 0 radical (unpaired) electrons. The molecule has 1 heterocycles. The number of nitriles is 1. The van der Waals surface area contributed by atoms with Crippen LogP contribution in [0.4, 0.5) is 5.69 Å². The van der Waals surface area contributed by atoms with Crippen LogP contribution in [0.3, 0.4) is 0 Å². The minimum atomic E-state index is 0.220. The lowest BCUT2D eigenvalue weighted by Gasteiger charge is -2.44. The van der Waals surface area contributed by atoms with Crippen molar-refractivity contribution in [3.05, 3.63) is 29.8 Å². The van der Waals surface area contributed by atoms with Crippen LogP contribution >= 0.6 is 0 Å². The van der Waals surface area contributed by atoms with Crippen molar-refractivity contribution in [2.75, 3.05) is 18.0 Å². The van der Waals surface area contributed by atoms with Crippen LogP contribution in [0.5, 0.6) is 0 Å². The summed E-state index contributed by atoms with van der Waals surface area (Å²) < 4.78 is 0. The molecule has 19 heavy (non-hydrogen) atoms. The molecule has 1 aromatic rings. The molecule has 1 unspecified atom stereocenters.